The normalized spacial score (nSPS) is 10.5. The SMILES string of the molecule is Cl.Cl.O=C(O)c1ccc2c(c1)-c1ccc(C(=O)O)c3cccc-2c13. The van der Waals surface area contributed by atoms with E-state index in [4.69, 9.17) is 5.11 Å². The van der Waals surface area contributed by atoms with Crippen LogP contribution in [0.4, 0.5) is 0 Å². The summed E-state index contributed by atoms with van der Waals surface area (Å²) in [4.78, 5) is 22.6. The van der Waals surface area contributed by atoms with Gasteiger partial charge in [-0.05, 0) is 51.2 Å². The standard InChI is InChI=1S/C18H10O4.2ClH/c19-17(20)9-4-5-10-11-2-1-3-12-14(18(21)22)7-6-13(16(11)12)15(10)8-9;;/h1-8H,(H,19,20)(H,21,22);2*1H. The second-order valence-corrected chi connectivity index (χ2v) is 5.26. The first-order valence-electron chi connectivity index (χ1n) is 6.75. The van der Waals surface area contributed by atoms with Crippen molar-refractivity contribution in [1.29, 1.82) is 0 Å². The number of halogens is 2. The lowest BCUT2D eigenvalue weighted by atomic mass is 9.98. The van der Waals surface area contributed by atoms with Crippen LogP contribution < -0.4 is 0 Å². The Balaban J connectivity index is 0.00000104. The molecule has 3 aromatic rings. The van der Waals surface area contributed by atoms with Gasteiger partial charge in [0, 0.05) is 0 Å². The van der Waals surface area contributed by atoms with Crippen molar-refractivity contribution < 1.29 is 19.8 Å². The highest BCUT2D eigenvalue weighted by atomic mass is 35.5. The van der Waals surface area contributed by atoms with E-state index in [1.807, 2.05) is 12.1 Å². The van der Waals surface area contributed by atoms with Crippen LogP contribution in [-0.2, 0) is 0 Å². The molecule has 0 spiro atoms. The van der Waals surface area contributed by atoms with E-state index in [0.717, 1.165) is 27.6 Å². The molecular weight excluding hydrogens is 351 g/mol. The first-order chi connectivity index (χ1) is 10.6. The van der Waals surface area contributed by atoms with Gasteiger partial charge in [0.1, 0.15) is 0 Å². The Bertz CT molecular complexity index is 996. The summed E-state index contributed by atoms with van der Waals surface area (Å²) >= 11 is 0. The highest BCUT2D eigenvalue weighted by molar-refractivity contribution is 6.20. The number of carboxylic acids is 2. The molecule has 4 rings (SSSR count). The van der Waals surface area contributed by atoms with Crippen LogP contribution in [0.1, 0.15) is 20.7 Å². The lowest BCUT2D eigenvalue weighted by Crippen LogP contribution is -1.97. The predicted octanol–water partition coefficient (Wildman–Crippen LogP) is 4.73. The van der Waals surface area contributed by atoms with Crippen LogP contribution in [0.15, 0.2) is 48.5 Å². The smallest absolute Gasteiger partial charge is 0.336 e. The van der Waals surface area contributed by atoms with E-state index in [1.54, 1.807) is 36.4 Å². The topological polar surface area (TPSA) is 74.6 Å². The number of fused-ring (bicyclic) bond motifs is 3. The molecule has 0 fully saturated rings. The second kappa shape index (κ2) is 6.15. The van der Waals surface area contributed by atoms with Gasteiger partial charge in [0.2, 0.25) is 0 Å². The molecule has 0 unspecified atom stereocenters. The summed E-state index contributed by atoms with van der Waals surface area (Å²) in [5, 5.41) is 20.1. The van der Waals surface area contributed by atoms with Crippen molar-refractivity contribution >= 4 is 47.5 Å². The molecule has 0 amide bonds. The number of carboxylic acid groups (broad SMARTS) is 2. The Labute approximate surface area is 149 Å². The highest BCUT2D eigenvalue weighted by Gasteiger charge is 2.24. The average molecular weight is 363 g/mol. The molecule has 3 aromatic carbocycles. The monoisotopic (exact) mass is 362 g/mol. The Hall–Kier alpha value is -2.56. The summed E-state index contributed by atoms with van der Waals surface area (Å²) < 4.78 is 0. The van der Waals surface area contributed by atoms with E-state index in [2.05, 4.69) is 0 Å². The van der Waals surface area contributed by atoms with Gasteiger partial charge in [-0.3, -0.25) is 0 Å². The molecule has 0 heterocycles. The van der Waals surface area contributed by atoms with Crippen molar-refractivity contribution in [2.75, 3.05) is 0 Å². The minimum absolute atomic E-state index is 0. The van der Waals surface area contributed by atoms with Crippen molar-refractivity contribution in [2.45, 2.75) is 0 Å². The average Bonchev–Trinajstić information content (AvgIpc) is 2.83. The third-order valence-corrected chi connectivity index (χ3v) is 4.12. The molecule has 24 heavy (non-hydrogen) atoms. The van der Waals surface area contributed by atoms with Crippen molar-refractivity contribution in [3.63, 3.8) is 0 Å². The number of hydrogen-bond donors (Lipinski definition) is 2. The molecule has 0 saturated carbocycles. The van der Waals surface area contributed by atoms with E-state index < -0.39 is 11.9 Å². The molecule has 0 saturated heterocycles. The van der Waals surface area contributed by atoms with Crippen LogP contribution in [-0.4, -0.2) is 22.2 Å². The van der Waals surface area contributed by atoms with Gasteiger partial charge in [-0.25, -0.2) is 9.59 Å². The van der Waals surface area contributed by atoms with E-state index in [0.29, 0.717) is 5.39 Å². The van der Waals surface area contributed by atoms with Crippen LogP contribution >= 0.6 is 24.8 Å². The van der Waals surface area contributed by atoms with Crippen LogP contribution in [0.5, 0.6) is 0 Å². The van der Waals surface area contributed by atoms with Gasteiger partial charge in [0.05, 0.1) is 11.1 Å². The zero-order chi connectivity index (χ0) is 15.4. The fourth-order valence-corrected chi connectivity index (χ4v) is 3.18. The molecule has 1 aliphatic carbocycles. The first-order valence-corrected chi connectivity index (χ1v) is 6.75. The Morgan fingerprint density at radius 1 is 0.708 bits per heavy atom. The molecule has 0 radical (unpaired) electrons. The zero-order valence-electron chi connectivity index (χ0n) is 12.1. The van der Waals surface area contributed by atoms with Crippen molar-refractivity contribution in [1.82, 2.24) is 0 Å². The largest absolute Gasteiger partial charge is 0.478 e. The Kier molecular flexibility index (Phi) is 4.56. The summed E-state index contributed by atoms with van der Waals surface area (Å²) in [5.41, 5.74) is 4.08. The third kappa shape index (κ3) is 2.31. The summed E-state index contributed by atoms with van der Waals surface area (Å²) in [6, 6.07) is 13.9. The second-order valence-electron chi connectivity index (χ2n) is 5.26. The van der Waals surface area contributed by atoms with Gasteiger partial charge >= 0.3 is 11.9 Å². The maximum atomic E-state index is 11.4. The van der Waals surface area contributed by atoms with Crippen LogP contribution in [0.25, 0.3) is 33.0 Å². The molecule has 4 nitrogen and oxygen atoms in total. The maximum Gasteiger partial charge on any atom is 0.336 e. The molecule has 122 valence electrons. The van der Waals surface area contributed by atoms with Gasteiger partial charge in [0.25, 0.3) is 0 Å². The van der Waals surface area contributed by atoms with Gasteiger partial charge in [-0.2, -0.15) is 0 Å². The molecule has 0 aromatic heterocycles. The fourth-order valence-electron chi connectivity index (χ4n) is 3.18. The van der Waals surface area contributed by atoms with E-state index in [9.17, 15) is 14.7 Å². The number of carbonyl (C=O) groups is 2. The number of benzene rings is 3. The number of aromatic carboxylic acids is 2. The predicted molar refractivity (Wildman–Crippen MR) is 96.8 cm³/mol. The molecular formula is C18H12Cl2O4. The van der Waals surface area contributed by atoms with Crippen molar-refractivity contribution in [3.05, 3.63) is 59.7 Å². The minimum atomic E-state index is -0.975. The highest BCUT2D eigenvalue weighted by Crippen LogP contribution is 2.48. The maximum absolute atomic E-state index is 11.4. The van der Waals surface area contributed by atoms with Gasteiger partial charge in [-0.15, -0.1) is 24.8 Å². The summed E-state index contributed by atoms with van der Waals surface area (Å²) in [7, 11) is 0. The van der Waals surface area contributed by atoms with Crippen molar-refractivity contribution in [2.24, 2.45) is 0 Å². The fraction of sp³-hybridized carbons (Fsp3) is 0. The molecule has 0 aliphatic heterocycles. The van der Waals surface area contributed by atoms with E-state index in [1.165, 1.54) is 0 Å². The van der Waals surface area contributed by atoms with E-state index >= 15 is 0 Å². The van der Waals surface area contributed by atoms with Gasteiger partial charge < -0.3 is 10.2 Å². The summed E-state index contributed by atoms with van der Waals surface area (Å²) in [5.74, 6) is -1.94. The Morgan fingerprint density at radius 2 is 1.38 bits per heavy atom. The lowest BCUT2D eigenvalue weighted by molar-refractivity contribution is 0.0687. The molecule has 6 heteroatoms. The molecule has 2 N–H and O–H groups in total. The van der Waals surface area contributed by atoms with Gasteiger partial charge in [0.15, 0.2) is 0 Å². The molecule has 0 bridgehead atoms. The Morgan fingerprint density at radius 3 is 2.04 bits per heavy atom. The van der Waals surface area contributed by atoms with E-state index in [-0.39, 0.29) is 35.9 Å². The quantitative estimate of drug-likeness (QED) is 0.540. The molecule has 0 atom stereocenters. The third-order valence-electron chi connectivity index (χ3n) is 4.12. The number of rotatable bonds is 2. The van der Waals surface area contributed by atoms with Crippen molar-refractivity contribution in [3.8, 4) is 22.3 Å². The first kappa shape index (κ1) is 17.8. The number of hydrogen-bond acceptors (Lipinski definition) is 2. The minimum Gasteiger partial charge on any atom is -0.478 e. The van der Waals surface area contributed by atoms with Crippen LogP contribution in [0.3, 0.4) is 0 Å². The van der Waals surface area contributed by atoms with Crippen LogP contribution in [0.2, 0.25) is 0 Å². The summed E-state index contributed by atoms with van der Waals surface area (Å²) in [6.07, 6.45) is 0. The molecule has 1 aliphatic rings. The van der Waals surface area contributed by atoms with Gasteiger partial charge in [-0.1, -0.05) is 30.3 Å². The van der Waals surface area contributed by atoms with Crippen LogP contribution in [0, 0.1) is 0 Å². The summed E-state index contributed by atoms with van der Waals surface area (Å²) in [6.45, 7) is 0. The lowest BCUT2D eigenvalue weighted by Gasteiger charge is -2.05. The zero-order valence-corrected chi connectivity index (χ0v) is 13.8.